The van der Waals surface area contributed by atoms with Crippen LogP contribution in [0.15, 0.2) is 42.5 Å². The minimum Gasteiger partial charge on any atom is -0.453 e. The van der Waals surface area contributed by atoms with Crippen molar-refractivity contribution >= 4 is 11.9 Å². The molecule has 3 heterocycles. The van der Waals surface area contributed by atoms with Crippen molar-refractivity contribution in [3.8, 4) is 0 Å². The molecule has 1 amide bonds. The lowest BCUT2D eigenvalue weighted by Crippen LogP contribution is -2.68. The van der Waals surface area contributed by atoms with E-state index in [4.69, 9.17) is 14.2 Å². The van der Waals surface area contributed by atoms with E-state index in [9.17, 15) is 9.59 Å². The summed E-state index contributed by atoms with van der Waals surface area (Å²) in [6.45, 7) is 2.73. The van der Waals surface area contributed by atoms with E-state index in [1.807, 2.05) is 49.4 Å². The largest absolute Gasteiger partial charge is 0.453 e. The van der Waals surface area contributed by atoms with Gasteiger partial charge in [0.1, 0.15) is 11.3 Å². The molecule has 25 heavy (non-hydrogen) atoms. The number of carbonyl (C=O) groups excluding carboxylic acids is 2. The van der Waals surface area contributed by atoms with Crippen LogP contribution in [-0.4, -0.2) is 55.0 Å². The van der Waals surface area contributed by atoms with Crippen LogP contribution >= 0.6 is 0 Å². The predicted octanol–water partition coefficient (Wildman–Crippen LogP) is 2.11. The summed E-state index contributed by atoms with van der Waals surface area (Å²) in [6, 6.07) is 9.15. The summed E-state index contributed by atoms with van der Waals surface area (Å²) in [7, 11) is 1.35. The highest BCUT2D eigenvalue weighted by molar-refractivity contribution is 5.94. The lowest BCUT2D eigenvalue weighted by Gasteiger charge is -2.51. The highest BCUT2D eigenvalue weighted by Crippen LogP contribution is 2.50. The number of fused-ring (bicyclic) bond motifs is 2. The summed E-state index contributed by atoms with van der Waals surface area (Å²) in [5.41, 5.74) is -0.0666. The molecule has 0 spiro atoms. The van der Waals surface area contributed by atoms with Crippen LogP contribution in [-0.2, 0) is 19.0 Å². The summed E-state index contributed by atoms with van der Waals surface area (Å²) < 4.78 is 16.5. The minimum absolute atomic E-state index is 0.0838. The lowest BCUT2D eigenvalue weighted by atomic mass is 9.71. The molecule has 4 rings (SSSR count). The molecule has 1 aromatic carbocycles. The molecule has 2 saturated heterocycles. The fourth-order valence-electron chi connectivity index (χ4n) is 4.38. The molecule has 1 aromatic rings. The van der Waals surface area contributed by atoms with E-state index in [2.05, 4.69) is 0 Å². The number of benzene rings is 1. The maximum atomic E-state index is 13.3. The fourth-order valence-corrected chi connectivity index (χ4v) is 4.38. The second kappa shape index (κ2) is 5.97. The average Bonchev–Trinajstić information content (AvgIpc) is 3.28. The van der Waals surface area contributed by atoms with Crippen LogP contribution < -0.4 is 0 Å². The number of ketones is 1. The van der Waals surface area contributed by atoms with Crippen LogP contribution in [0, 0.1) is 5.92 Å². The van der Waals surface area contributed by atoms with Gasteiger partial charge in [-0.3, -0.25) is 9.69 Å². The van der Waals surface area contributed by atoms with E-state index >= 15 is 0 Å². The maximum absolute atomic E-state index is 13.3. The molecule has 2 fully saturated rings. The predicted molar refractivity (Wildman–Crippen MR) is 88.9 cm³/mol. The molecule has 6 heteroatoms. The molecule has 0 N–H and O–H groups in total. The second-order valence-electron chi connectivity index (χ2n) is 6.66. The summed E-state index contributed by atoms with van der Waals surface area (Å²) in [5, 5.41) is 0. The number of Topliss-reactive ketones (excluding diaryl/α,β-unsaturated/α-hetero) is 1. The van der Waals surface area contributed by atoms with Gasteiger partial charge >= 0.3 is 6.09 Å². The minimum atomic E-state index is -0.962. The Hall–Kier alpha value is -2.18. The number of hydrogen-bond donors (Lipinski definition) is 0. The molecular weight excluding hydrogens is 322 g/mol. The van der Waals surface area contributed by atoms with E-state index in [0.29, 0.717) is 13.2 Å². The lowest BCUT2D eigenvalue weighted by molar-refractivity contribution is -0.167. The van der Waals surface area contributed by atoms with Crippen LogP contribution in [0.5, 0.6) is 0 Å². The first-order valence-electron chi connectivity index (χ1n) is 8.49. The number of methoxy groups -OCH3 is 1. The van der Waals surface area contributed by atoms with Gasteiger partial charge in [-0.2, -0.15) is 0 Å². The maximum Gasteiger partial charge on any atom is 0.410 e. The zero-order chi connectivity index (χ0) is 17.6. The average molecular weight is 343 g/mol. The van der Waals surface area contributed by atoms with Gasteiger partial charge in [0, 0.05) is 5.92 Å². The van der Waals surface area contributed by atoms with Crippen LogP contribution in [0.25, 0.3) is 0 Å². The van der Waals surface area contributed by atoms with Gasteiger partial charge in [0.15, 0.2) is 6.29 Å². The third-order valence-electron chi connectivity index (χ3n) is 5.57. The quantitative estimate of drug-likeness (QED) is 0.770. The Morgan fingerprint density at radius 2 is 1.92 bits per heavy atom. The van der Waals surface area contributed by atoms with Crippen molar-refractivity contribution < 1.29 is 23.8 Å². The molecule has 132 valence electrons. The van der Waals surface area contributed by atoms with Crippen LogP contribution in [0.2, 0.25) is 0 Å². The molecule has 4 atom stereocenters. The highest BCUT2D eigenvalue weighted by Gasteiger charge is 2.64. The first-order chi connectivity index (χ1) is 12.1. The zero-order valence-corrected chi connectivity index (χ0v) is 14.3. The third-order valence-corrected chi connectivity index (χ3v) is 5.57. The first-order valence-corrected chi connectivity index (χ1v) is 8.49. The van der Waals surface area contributed by atoms with Crippen molar-refractivity contribution in [2.24, 2.45) is 5.92 Å². The van der Waals surface area contributed by atoms with Gasteiger partial charge in [0.05, 0.1) is 32.3 Å². The summed E-state index contributed by atoms with van der Waals surface area (Å²) in [5.74, 6) is -0.820. The normalized spacial score (nSPS) is 34.6. The van der Waals surface area contributed by atoms with Gasteiger partial charge in [0.25, 0.3) is 0 Å². The standard InChI is InChI=1S/C19H21NO5/c1-12-16(21)15(13-6-4-3-5-7-13)14-8-9-19(12,17-24-10-11-25-17)20(14)18(22)23-2/h3-9,12,14-15,17H,10-11H2,1-2H3. The Balaban J connectivity index is 1.82. The number of amides is 1. The van der Waals surface area contributed by atoms with Gasteiger partial charge < -0.3 is 14.2 Å². The van der Waals surface area contributed by atoms with Gasteiger partial charge in [-0.25, -0.2) is 4.79 Å². The number of rotatable bonds is 2. The van der Waals surface area contributed by atoms with Crippen molar-refractivity contribution in [1.29, 1.82) is 0 Å². The monoisotopic (exact) mass is 343 g/mol. The van der Waals surface area contributed by atoms with Gasteiger partial charge in [-0.05, 0) is 5.56 Å². The number of nitrogens with zero attached hydrogens (tertiary/aromatic N) is 1. The molecule has 0 saturated carbocycles. The van der Waals surface area contributed by atoms with Gasteiger partial charge in [0.2, 0.25) is 0 Å². The Bertz CT molecular complexity index is 712. The molecule has 3 aliphatic heterocycles. The van der Waals surface area contributed by atoms with Gasteiger partial charge in [-0.1, -0.05) is 49.4 Å². The van der Waals surface area contributed by atoms with Crippen molar-refractivity contribution in [3.63, 3.8) is 0 Å². The van der Waals surface area contributed by atoms with E-state index in [1.54, 1.807) is 4.90 Å². The van der Waals surface area contributed by atoms with E-state index in [0.717, 1.165) is 5.56 Å². The molecule has 6 nitrogen and oxygen atoms in total. The number of hydrogen-bond acceptors (Lipinski definition) is 5. The van der Waals surface area contributed by atoms with Crippen molar-refractivity contribution in [3.05, 3.63) is 48.0 Å². The molecule has 3 aliphatic rings. The van der Waals surface area contributed by atoms with E-state index in [-0.39, 0.29) is 5.78 Å². The summed E-state index contributed by atoms with van der Waals surface area (Å²) in [6.07, 6.45) is 2.68. The Labute approximate surface area is 146 Å². The number of carbonyl (C=O) groups is 2. The summed E-state index contributed by atoms with van der Waals surface area (Å²) in [4.78, 5) is 27.6. The smallest absolute Gasteiger partial charge is 0.410 e. The molecule has 2 bridgehead atoms. The highest BCUT2D eigenvalue weighted by atomic mass is 16.7. The zero-order valence-electron chi connectivity index (χ0n) is 14.3. The molecule has 0 aliphatic carbocycles. The number of piperidine rings is 1. The first kappa shape index (κ1) is 16.3. The Kier molecular flexibility index (Phi) is 3.89. The van der Waals surface area contributed by atoms with E-state index < -0.39 is 35.8 Å². The molecule has 4 unspecified atom stereocenters. The van der Waals surface area contributed by atoms with Crippen LogP contribution in [0.1, 0.15) is 18.4 Å². The Morgan fingerprint density at radius 3 is 2.56 bits per heavy atom. The third kappa shape index (κ3) is 2.17. The SMILES string of the molecule is COC(=O)N1C2C=CC1(C1OCCO1)C(C)C(=O)C2c1ccccc1. The summed E-state index contributed by atoms with van der Waals surface area (Å²) >= 11 is 0. The van der Waals surface area contributed by atoms with Crippen molar-refractivity contribution in [2.75, 3.05) is 20.3 Å². The van der Waals surface area contributed by atoms with Crippen LogP contribution in [0.4, 0.5) is 4.79 Å². The Morgan fingerprint density at radius 1 is 1.24 bits per heavy atom. The topological polar surface area (TPSA) is 65.1 Å². The second-order valence-corrected chi connectivity index (χ2v) is 6.66. The van der Waals surface area contributed by atoms with Crippen molar-refractivity contribution in [1.82, 2.24) is 4.90 Å². The molecule has 0 radical (unpaired) electrons. The number of ether oxygens (including phenoxy) is 3. The van der Waals surface area contributed by atoms with E-state index in [1.165, 1.54) is 7.11 Å². The van der Waals surface area contributed by atoms with Crippen molar-refractivity contribution in [2.45, 2.75) is 30.7 Å². The fraction of sp³-hybridized carbons (Fsp3) is 0.474. The van der Waals surface area contributed by atoms with Gasteiger partial charge in [-0.15, -0.1) is 0 Å². The van der Waals surface area contributed by atoms with Crippen LogP contribution in [0.3, 0.4) is 0 Å². The molecule has 0 aromatic heterocycles. The molecular formula is C19H21NO5.